The zero-order valence-corrected chi connectivity index (χ0v) is 34.0. The fraction of sp³-hybridized carbons (Fsp3) is 0.349. The number of anilines is 4. The molecule has 0 radical (unpaired) electrons. The number of ketones is 1. The average molecular weight is 785 g/mol. The van der Waals surface area contributed by atoms with Crippen LogP contribution in [0.3, 0.4) is 0 Å². The lowest BCUT2D eigenvalue weighted by Gasteiger charge is -2.30. The number of aliphatic hydroxyl groups excluding tert-OH is 1. The first-order valence-corrected chi connectivity index (χ1v) is 22.0. The summed E-state index contributed by atoms with van der Waals surface area (Å²) in [5.41, 5.74) is 6.27. The van der Waals surface area contributed by atoms with E-state index in [1.807, 2.05) is 0 Å². The molecule has 0 amide bonds. The molecule has 2 aliphatic rings. The maximum atomic E-state index is 14.0. The van der Waals surface area contributed by atoms with Crippen LogP contribution in [0.1, 0.15) is 82.9 Å². The number of nitrogens with one attached hydrogen (secondary N) is 1. The first kappa shape index (κ1) is 41.4. The van der Waals surface area contributed by atoms with Crippen LogP contribution < -0.4 is 14.5 Å². The van der Waals surface area contributed by atoms with Gasteiger partial charge in [-0.05, 0) is 110 Å². The van der Waals surface area contributed by atoms with Crippen molar-refractivity contribution in [2.45, 2.75) is 79.1 Å². The number of hydrogen-bond acceptors (Lipinski definition) is 7. The molecule has 0 aliphatic heterocycles. The van der Waals surface area contributed by atoms with Crippen molar-refractivity contribution in [2.75, 3.05) is 33.9 Å². The van der Waals surface area contributed by atoms with E-state index in [9.17, 15) is 27.1 Å². The Labute approximate surface area is 328 Å². The molecule has 3 N–H and O–H groups in total. The van der Waals surface area contributed by atoms with E-state index in [-0.39, 0.29) is 39.4 Å². The highest BCUT2D eigenvalue weighted by Crippen LogP contribution is 2.44. The van der Waals surface area contributed by atoms with Gasteiger partial charge in [0.25, 0.3) is 11.3 Å². The van der Waals surface area contributed by atoms with E-state index in [4.69, 9.17) is 0 Å². The molecular weight excluding hydrogens is 733 g/mol. The Morgan fingerprint density at radius 3 is 1.80 bits per heavy atom. The first-order chi connectivity index (χ1) is 26.4. The smallest absolute Gasteiger partial charge is 0.282 e. The summed E-state index contributed by atoms with van der Waals surface area (Å²) in [6.07, 6.45) is 14.2. The van der Waals surface area contributed by atoms with Gasteiger partial charge in [-0.2, -0.15) is 4.40 Å². The predicted molar refractivity (Wildman–Crippen MR) is 227 cm³/mol. The zero-order chi connectivity index (χ0) is 39.7. The lowest BCUT2D eigenvalue weighted by Crippen LogP contribution is -2.28. The van der Waals surface area contributed by atoms with E-state index >= 15 is 0 Å². The van der Waals surface area contributed by atoms with E-state index in [1.165, 1.54) is 11.1 Å². The van der Waals surface area contributed by atoms with Gasteiger partial charge in [0, 0.05) is 47.0 Å². The van der Waals surface area contributed by atoms with Crippen LogP contribution in [-0.4, -0.2) is 53.1 Å². The second-order valence-corrected chi connectivity index (χ2v) is 16.3. The van der Waals surface area contributed by atoms with Crippen LogP contribution in [0.2, 0.25) is 0 Å². The summed E-state index contributed by atoms with van der Waals surface area (Å²) < 4.78 is 53.6. The van der Waals surface area contributed by atoms with Crippen molar-refractivity contribution in [2.24, 2.45) is 4.40 Å². The summed E-state index contributed by atoms with van der Waals surface area (Å²) in [5.74, 6) is -0.903. The van der Waals surface area contributed by atoms with Gasteiger partial charge in [-0.25, -0.2) is 12.6 Å². The van der Waals surface area contributed by atoms with Gasteiger partial charge in [-0.1, -0.05) is 64.8 Å². The Morgan fingerprint density at radius 2 is 1.29 bits per heavy atom. The summed E-state index contributed by atoms with van der Waals surface area (Å²) in [6.45, 7) is 9.76. The van der Waals surface area contributed by atoms with Crippen LogP contribution in [-0.2, 0) is 38.9 Å². The molecule has 1 atom stereocenters. The topological polar surface area (TPSA) is 140 Å². The molecule has 292 valence electrons. The second-order valence-electron chi connectivity index (χ2n) is 13.9. The third-order valence-electron chi connectivity index (χ3n) is 9.57. The van der Waals surface area contributed by atoms with Gasteiger partial charge < -0.3 is 14.9 Å². The number of rotatable bonds is 18. The third kappa shape index (κ3) is 10.1. The molecule has 0 fully saturated rings. The molecule has 0 saturated carbocycles. The number of benzene rings is 3. The fourth-order valence-electron chi connectivity index (χ4n) is 6.87. The van der Waals surface area contributed by atoms with Gasteiger partial charge in [0.1, 0.15) is 5.76 Å². The van der Waals surface area contributed by atoms with E-state index in [1.54, 1.807) is 36.4 Å². The van der Waals surface area contributed by atoms with E-state index < -0.39 is 27.1 Å². The Hall–Kier alpha value is -4.78. The molecule has 10 nitrogen and oxygen atoms in total. The van der Waals surface area contributed by atoms with Gasteiger partial charge in [-0.15, -0.1) is 0 Å². The van der Waals surface area contributed by atoms with Crippen molar-refractivity contribution in [3.63, 3.8) is 0 Å². The Bertz CT molecular complexity index is 2170. The summed E-state index contributed by atoms with van der Waals surface area (Å²) in [4.78, 5) is 18.2. The van der Waals surface area contributed by atoms with Gasteiger partial charge >= 0.3 is 0 Å². The van der Waals surface area contributed by atoms with E-state index in [0.29, 0.717) is 24.5 Å². The standard InChI is InChI=1S/C43H52N4O6S2/c1-6-10-12-30-14-18-32(19-15-30)46(26-8-3)34-22-24-36(38(28-34)44-54(50)51)40-42(48)41(43(40)49)37-25-23-35(29-39(37)45-55(5,52)53)47(27-9-4)33-20-16-31(17-21-33)13-11-7-2/h14-25,28-29,45,48H,6-13,26-27H2,1-5H3,(H,50,51)/b40-36-,44-38+. The molecule has 3 aromatic rings. The molecule has 0 aromatic heterocycles. The number of Topliss-reactive ketones (excluding diaryl/α,β-unsaturated/α-hetero) is 1. The Balaban J connectivity index is 1.53. The number of allylic oxidation sites excluding steroid dienone is 6. The van der Waals surface area contributed by atoms with Crippen molar-refractivity contribution in [3.05, 3.63) is 124 Å². The number of hydrogen-bond donors (Lipinski definition) is 3. The van der Waals surface area contributed by atoms with Crippen molar-refractivity contribution >= 4 is 61.1 Å². The molecule has 1 unspecified atom stereocenters. The van der Waals surface area contributed by atoms with Gasteiger partial charge in [0.2, 0.25) is 15.8 Å². The summed E-state index contributed by atoms with van der Waals surface area (Å²) in [5, 5.41) is 11.5. The first-order valence-electron chi connectivity index (χ1n) is 19.1. The van der Waals surface area contributed by atoms with Crippen molar-refractivity contribution in [3.8, 4) is 0 Å². The average Bonchev–Trinajstić information content (AvgIpc) is 3.15. The van der Waals surface area contributed by atoms with Crippen LogP contribution in [0.5, 0.6) is 0 Å². The molecule has 5 rings (SSSR count). The highest BCUT2D eigenvalue weighted by Gasteiger charge is 2.39. The number of aryl methyl sites for hydroxylation is 2. The van der Waals surface area contributed by atoms with E-state index in [2.05, 4.69) is 95.1 Å². The van der Waals surface area contributed by atoms with Crippen molar-refractivity contribution in [1.82, 2.24) is 0 Å². The van der Waals surface area contributed by atoms with E-state index in [0.717, 1.165) is 69.0 Å². The molecule has 0 heterocycles. The van der Waals surface area contributed by atoms with Crippen LogP contribution in [0.25, 0.3) is 5.57 Å². The van der Waals surface area contributed by atoms with Gasteiger partial charge in [0.15, 0.2) is 0 Å². The van der Waals surface area contributed by atoms with Crippen LogP contribution >= 0.6 is 0 Å². The predicted octanol–water partition coefficient (Wildman–Crippen LogP) is 9.39. The minimum atomic E-state index is -3.79. The SMILES string of the molecule is CCCCc1ccc(N(CCC)C2=CC(=N\S(=O)O)/C(=C3\C(=O)C(c4ccc(N(CCC)c5ccc(CCCC)cc5)cc4NS(C)(=O)=O)=C3O)C=C2)cc1. The minimum absolute atomic E-state index is 0.0636. The fourth-order valence-corrected chi connectivity index (χ4v) is 7.76. The quantitative estimate of drug-likeness (QED) is 0.0857. The van der Waals surface area contributed by atoms with Crippen LogP contribution in [0, 0.1) is 0 Å². The highest BCUT2D eigenvalue weighted by molar-refractivity contribution is 7.92. The molecule has 2 aliphatic carbocycles. The molecule has 3 aromatic carbocycles. The maximum absolute atomic E-state index is 14.0. The number of carbonyl (C=O) groups is 1. The summed E-state index contributed by atoms with van der Waals surface area (Å²) in [6, 6.07) is 21.8. The minimum Gasteiger partial charge on any atom is -0.506 e. The number of aliphatic hydroxyl groups is 1. The molecular formula is C43H52N4O6S2. The highest BCUT2D eigenvalue weighted by atomic mass is 32.2. The lowest BCUT2D eigenvalue weighted by molar-refractivity contribution is -0.111. The van der Waals surface area contributed by atoms with Gasteiger partial charge in [0.05, 0.1) is 28.8 Å². The number of unbranched alkanes of at least 4 members (excludes halogenated alkanes) is 2. The molecule has 12 heteroatoms. The zero-order valence-electron chi connectivity index (χ0n) is 32.3. The van der Waals surface area contributed by atoms with Crippen molar-refractivity contribution < 1.29 is 27.1 Å². The second kappa shape index (κ2) is 18.7. The Morgan fingerprint density at radius 1 is 0.745 bits per heavy atom. The maximum Gasteiger partial charge on any atom is 0.282 e. The molecule has 55 heavy (non-hydrogen) atoms. The number of sulfonamides is 1. The van der Waals surface area contributed by atoms with Crippen LogP contribution in [0.15, 0.2) is 112 Å². The number of carbonyl (C=O) groups excluding carboxylic acids is 1. The summed E-state index contributed by atoms with van der Waals surface area (Å²) >= 11 is -2.61. The largest absolute Gasteiger partial charge is 0.506 e. The normalized spacial score (nSPS) is 16.9. The Kier molecular flexibility index (Phi) is 14.1. The van der Waals surface area contributed by atoms with Gasteiger partial charge in [-0.3, -0.25) is 14.1 Å². The molecule has 0 saturated heterocycles. The number of nitrogens with zero attached hydrogens (tertiary/aromatic N) is 3. The lowest BCUT2D eigenvalue weighted by atomic mass is 9.78. The molecule has 0 bridgehead atoms. The third-order valence-corrected chi connectivity index (χ3v) is 10.5. The van der Waals surface area contributed by atoms with Crippen molar-refractivity contribution in [1.29, 1.82) is 0 Å². The van der Waals surface area contributed by atoms with Crippen LogP contribution in [0.4, 0.5) is 22.7 Å². The monoisotopic (exact) mass is 784 g/mol. The summed E-state index contributed by atoms with van der Waals surface area (Å²) in [7, 11) is -3.79. The molecule has 0 spiro atoms.